The molecule has 0 aromatic heterocycles. The minimum Gasteiger partial charge on any atom is -0.346 e. The third-order valence-corrected chi connectivity index (χ3v) is 2.93. The van der Waals surface area contributed by atoms with E-state index in [2.05, 4.69) is 36.9 Å². The molecule has 0 fully saturated rings. The highest BCUT2D eigenvalue weighted by atomic mass is 16.2. The minimum absolute atomic E-state index is 0.00183. The lowest BCUT2D eigenvalue weighted by atomic mass is 9.87. The first-order valence-corrected chi connectivity index (χ1v) is 7.13. The van der Waals surface area contributed by atoms with Crippen LogP contribution in [0, 0.1) is 0 Å². The maximum atomic E-state index is 11.9. The normalized spacial score (nSPS) is 11.0. The Balaban J connectivity index is 2.59. The van der Waals surface area contributed by atoms with Crippen molar-refractivity contribution in [3.05, 3.63) is 35.4 Å². The summed E-state index contributed by atoms with van der Waals surface area (Å²) in [6.07, 6.45) is 0. The first-order valence-electron chi connectivity index (χ1n) is 7.13. The van der Waals surface area contributed by atoms with E-state index in [1.165, 1.54) is 0 Å². The van der Waals surface area contributed by atoms with E-state index in [4.69, 9.17) is 0 Å². The summed E-state index contributed by atoms with van der Waals surface area (Å²) in [7, 11) is 0. The molecule has 6 nitrogen and oxygen atoms in total. The number of benzene rings is 1. The molecule has 6 heteroatoms. The van der Waals surface area contributed by atoms with Gasteiger partial charge in [-0.25, -0.2) is 0 Å². The zero-order chi connectivity index (χ0) is 16.9. The summed E-state index contributed by atoms with van der Waals surface area (Å²) in [5.41, 5.74) is 5.79. The third kappa shape index (κ3) is 5.20. The van der Waals surface area contributed by atoms with Crippen molar-refractivity contribution in [3.8, 4) is 0 Å². The monoisotopic (exact) mass is 305 g/mol. The van der Waals surface area contributed by atoms with Crippen LogP contribution in [0.1, 0.15) is 50.5 Å². The number of hydrogen-bond donors (Lipinski definition) is 3. The zero-order valence-corrected chi connectivity index (χ0v) is 13.6. The fraction of sp³-hybridized carbons (Fsp3) is 0.438. The molecular weight excluding hydrogens is 282 g/mol. The van der Waals surface area contributed by atoms with E-state index in [9.17, 15) is 14.4 Å². The quantitative estimate of drug-likeness (QED) is 0.568. The standard InChI is InChI=1S/C16H23N3O3/c1-10(2)17-14(21)15(22)19-18-13(20)11-6-8-12(9-7-11)16(3,4)5/h6-10H,1-5H3,(H,17,21)(H,18,20)(H,19,22). The highest BCUT2D eigenvalue weighted by Crippen LogP contribution is 2.22. The average molecular weight is 305 g/mol. The summed E-state index contributed by atoms with van der Waals surface area (Å²) in [5, 5.41) is 2.43. The van der Waals surface area contributed by atoms with Crippen molar-refractivity contribution in [2.45, 2.75) is 46.1 Å². The molecule has 3 N–H and O–H groups in total. The second kappa shape index (κ2) is 7.06. The Bertz CT molecular complexity index is 557. The molecule has 0 unspecified atom stereocenters. The predicted molar refractivity (Wildman–Crippen MR) is 84.0 cm³/mol. The van der Waals surface area contributed by atoms with E-state index in [0.29, 0.717) is 5.56 Å². The molecule has 0 bridgehead atoms. The number of amides is 3. The molecule has 0 saturated heterocycles. The summed E-state index contributed by atoms with van der Waals surface area (Å²) in [6.45, 7) is 9.71. The summed E-state index contributed by atoms with van der Waals surface area (Å²) in [6, 6.07) is 6.93. The number of carbonyl (C=O) groups excluding carboxylic acids is 3. The molecule has 22 heavy (non-hydrogen) atoms. The summed E-state index contributed by atoms with van der Waals surface area (Å²) < 4.78 is 0. The summed E-state index contributed by atoms with van der Waals surface area (Å²) in [4.78, 5) is 34.7. The van der Waals surface area contributed by atoms with Gasteiger partial charge in [0.05, 0.1) is 0 Å². The van der Waals surface area contributed by atoms with Crippen LogP contribution in [-0.4, -0.2) is 23.8 Å². The van der Waals surface area contributed by atoms with Gasteiger partial charge in [0.1, 0.15) is 0 Å². The van der Waals surface area contributed by atoms with Gasteiger partial charge in [0.2, 0.25) is 0 Å². The van der Waals surface area contributed by atoms with Gasteiger partial charge in [-0.1, -0.05) is 32.9 Å². The lowest BCUT2D eigenvalue weighted by molar-refractivity contribution is -0.139. The molecule has 3 amide bonds. The van der Waals surface area contributed by atoms with Crippen LogP contribution in [0.4, 0.5) is 0 Å². The van der Waals surface area contributed by atoms with Gasteiger partial charge >= 0.3 is 11.8 Å². The third-order valence-electron chi connectivity index (χ3n) is 2.93. The summed E-state index contributed by atoms with van der Waals surface area (Å²) >= 11 is 0. The van der Waals surface area contributed by atoms with Crippen LogP contribution in [0.5, 0.6) is 0 Å². The van der Waals surface area contributed by atoms with Crippen LogP contribution in [0.3, 0.4) is 0 Å². The molecule has 1 aromatic rings. The Kier molecular flexibility index (Phi) is 5.68. The molecule has 0 heterocycles. The molecule has 0 radical (unpaired) electrons. The fourth-order valence-corrected chi connectivity index (χ4v) is 1.69. The maximum absolute atomic E-state index is 11.9. The van der Waals surface area contributed by atoms with Crippen molar-refractivity contribution in [1.82, 2.24) is 16.2 Å². The van der Waals surface area contributed by atoms with Gasteiger partial charge in [0, 0.05) is 11.6 Å². The fourth-order valence-electron chi connectivity index (χ4n) is 1.69. The molecule has 0 saturated carbocycles. The van der Waals surface area contributed by atoms with Gasteiger partial charge in [-0.3, -0.25) is 25.2 Å². The van der Waals surface area contributed by atoms with E-state index in [0.717, 1.165) is 5.56 Å². The molecule has 1 rings (SSSR count). The molecule has 0 spiro atoms. The van der Waals surface area contributed by atoms with Crippen molar-refractivity contribution in [3.63, 3.8) is 0 Å². The van der Waals surface area contributed by atoms with E-state index in [1.807, 2.05) is 12.1 Å². The number of hydrogen-bond acceptors (Lipinski definition) is 3. The topological polar surface area (TPSA) is 87.3 Å². The number of carbonyl (C=O) groups is 3. The molecule has 0 aliphatic carbocycles. The smallest absolute Gasteiger partial charge is 0.327 e. The molecule has 0 aliphatic rings. The summed E-state index contributed by atoms with van der Waals surface area (Å²) in [5.74, 6) is -2.18. The van der Waals surface area contributed by atoms with Crippen LogP contribution in [0.2, 0.25) is 0 Å². The van der Waals surface area contributed by atoms with Gasteiger partial charge in [0.25, 0.3) is 5.91 Å². The number of nitrogens with one attached hydrogen (secondary N) is 3. The SMILES string of the molecule is CC(C)NC(=O)C(=O)NNC(=O)c1ccc(C(C)(C)C)cc1. The Morgan fingerprint density at radius 2 is 1.45 bits per heavy atom. The Hall–Kier alpha value is -2.37. The molecular formula is C16H23N3O3. The highest BCUT2D eigenvalue weighted by Gasteiger charge is 2.17. The Morgan fingerprint density at radius 3 is 1.91 bits per heavy atom. The lowest BCUT2D eigenvalue weighted by Crippen LogP contribution is -2.49. The zero-order valence-electron chi connectivity index (χ0n) is 13.6. The second-order valence-electron chi connectivity index (χ2n) is 6.36. The van der Waals surface area contributed by atoms with Crippen LogP contribution in [0.25, 0.3) is 0 Å². The van der Waals surface area contributed by atoms with Gasteiger partial charge < -0.3 is 5.32 Å². The maximum Gasteiger partial charge on any atom is 0.327 e. The second-order valence-corrected chi connectivity index (χ2v) is 6.36. The van der Waals surface area contributed by atoms with E-state index < -0.39 is 17.7 Å². The van der Waals surface area contributed by atoms with Gasteiger partial charge in [-0.2, -0.15) is 0 Å². The first-order chi connectivity index (χ1) is 10.1. The number of hydrazine groups is 1. The van der Waals surface area contributed by atoms with Crippen molar-refractivity contribution >= 4 is 17.7 Å². The van der Waals surface area contributed by atoms with Gasteiger partial charge in [0.15, 0.2) is 0 Å². The number of rotatable bonds is 2. The largest absolute Gasteiger partial charge is 0.346 e. The Labute approximate surface area is 130 Å². The molecule has 1 aromatic carbocycles. The van der Waals surface area contributed by atoms with E-state index >= 15 is 0 Å². The van der Waals surface area contributed by atoms with E-state index in [1.54, 1.807) is 26.0 Å². The van der Waals surface area contributed by atoms with Gasteiger partial charge in [-0.15, -0.1) is 0 Å². The van der Waals surface area contributed by atoms with Crippen molar-refractivity contribution in [1.29, 1.82) is 0 Å². The van der Waals surface area contributed by atoms with Crippen molar-refractivity contribution < 1.29 is 14.4 Å². The van der Waals surface area contributed by atoms with Gasteiger partial charge in [-0.05, 0) is 37.0 Å². The minimum atomic E-state index is -0.909. The average Bonchev–Trinajstić information content (AvgIpc) is 2.42. The predicted octanol–water partition coefficient (Wildman–Crippen LogP) is 1.27. The van der Waals surface area contributed by atoms with Crippen LogP contribution in [-0.2, 0) is 15.0 Å². The molecule has 0 atom stereocenters. The van der Waals surface area contributed by atoms with E-state index in [-0.39, 0.29) is 11.5 Å². The van der Waals surface area contributed by atoms with Crippen LogP contribution in [0.15, 0.2) is 24.3 Å². The Morgan fingerprint density at radius 1 is 0.909 bits per heavy atom. The highest BCUT2D eigenvalue weighted by molar-refractivity contribution is 6.35. The van der Waals surface area contributed by atoms with Crippen molar-refractivity contribution in [2.75, 3.05) is 0 Å². The van der Waals surface area contributed by atoms with Crippen LogP contribution >= 0.6 is 0 Å². The lowest BCUT2D eigenvalue weighted by Gasteiger charge is -2.19. The molecule has 120 valence electrons. The molecule has 0 aliphatic heterocycles. The first kappa shape index (κ1) is 17.7. The van der Waals surface area contributed by atoms with Crippen molar-refractivity contribution in [2.24, 2.45) is 0 Å². The van der Waals surface area contributed by atoms with Crippen LogP contribution < -0.4 is 16.2 Å².